The van der Waals surface area contributed by atoms with E-state index in [9.17, 15) is 5.21 Å². The summed E-state index contributed by atoms with van der Waals surface area (Å²) in [4.78, 5) is 0. The molecule has 0 saturated carbocycles. The molecule has 2 heterocycles. The molecule has 0 spiro atoms. The molecule has 1 aromatic heterocycles. The Hall–Kier alpha value is -2.37. The van der Waals surface area contributed by atoms with Crippen LogP contribution in [0.2, 0.25) is 0 Å². The third-order valence-electron chi connectivity index (χ3n) is 5.58. The predicted octanol–water partition coefficient (Wildman–Crippen LogP) is 2.70. The van der Waals surface area contributed by atoms with E-state index in [4.69, 9.17) is 0 Å². The average Bonchev–Trinajstić information content (AvgIpc) is 2.91. The monoisotopic (exact) mass is 350 g/mol. The zero-order chi connectivity index (χ0) is 18.1. The second-order valence-electron chi connectivity index (χ2n) is 7.20. The fourth-order valence-electron chi connectivity index (χ4n) is 3.97. The average molecular weight is 350 g/mol. The van der Waals surface area contributed by atoms with E-state index in [0.29, 0.717) is 17.9 Å². The van der Waals surface area contributed by atoms with Gasteiger partial charge in [-0.15, -0.1) is 0 Å². The molecule has 2 aromatic carbocycles. The molecule has 0 bridgehead atoms. The number of benzene rings is 2. The first-order valence-corrected chi connectivity index (χ1v) is 9.34. The van der Waals surface area contributed by atoms with Gasteiger partial charge in [-0.3, -0.25) is 0 Å². The van der Waals surface area contributed by atoms with Crippen molar-refractivity contribution in [1.29, 1.82) is 0 Å². The maximum atomic E-state index is 12.1. The Labute approximate surface area is 154 Å². The fourth-order valence-corrected chi connectivity index (χ4v) is 3.97. The third-order valence-corrected chi connectivity index (χ3v) is 5.58. The number of piperidine rings is 1. The summed E-state index contributed by atoms with van der Waals surface area (Å²) in [5.41, 5.74) is 4.26. The molecule has 2 atom stereocenters. The van der Waals surface area contributed by atoms with Gasteiger partial charge < -0.3 is 15.8 Å². The molecule has 2 unspecified atom stereocenters. The Morgan fingerprint density at radius 2 is 2.04 bits per heavy atom. The first-order valence-electron chi connectivity index (χ1n) is 9.34. The molecule has 26 heavy (non-hydrogen) atoms. The van der Waals surface area contributed by atoms with Crippen LogP contribution in [0, 0.1) is 12.1 Å². The van der Waals surface area contributed by atoms with Crippen LogP contribution in [0.3, 0.4) is 0 Å². The van der Waals surface area contributed by atoms with Crippen LogP contribution in [0.5, 0.6) is 0 Å². The minimum Gasteiger partial charge on any atom is -0.710 e. The normalized spacial score (nSPS) is 20.5. The van der Waals surface area contributed by atoms with Gasteiger partial charge in [0, 0.05) is 25.6 Å². The number of aryl methyl sites for hydroxylation is 1. The van der Waals surface area contributed by atoms with E-state index in [1.54, 1.807) is 0 Å². The van der Waals surface area contributed by atoms with Gasteiger partial charge in [0.1, 0.15) is 0 Å². The highest BCUT2D eigenvalue weighted by Crippen LogP contribution is 2.24. The maximum absolute atomic E-state index is 12.1. The van der Waals surface area contributed by atoms with Crippen molar-refractivity contribution in [3.8, 4) is 0 Å². The van der Waals surface area contributed by atoms with Gasteiger partial charge in [-0.25, -0.2) is 9.30 Å². The van der Waals surface area contributed by atoms with Crippen molar-refractivity contribution in [2.24, 2.45) is 7.05 Å². The van der Waals surface area contributed by atoms with Gasteiger partial charge in [-0.2, -0.15) is 0 Å². The molecule has 0 aliphatic carbocycles. The maximum Gasteiger partial charge on any atom is 0.257 e. The first kappa shape index (κ1) is 17.1. The van der Waals surface area contributed by atoms with E-state index in [2.05, 4.69) is 53.1 Å². The molecule has 5 nitrogen and oxygen atoms in total. The predicted molar refractivity (Wildman–Crippen MR) is 104 cm³/mol. The number of nitrogens with one attached hydrogen (secondary N) is 2. The highest BCUT2D eigenvalue weighted by Gasteiger charge is 2.25. The van der Waals surface area contributed by atoms with Crippen molar-refractivity contribution >= 4 is 11.0 Å². The van der Waals surface area contributed by atoms with Gasteiger partial charge in [0.2, 0.25) is 0 Å². The lowest BCUT2D eigenvalue weighted by molar-refractivity contribution is -0.585. The van der Waals surface area contributed by atoms with Crippen molar-refractivity contribution in [3.05, 3.63) is 70.7 Å². The van der Waals surface area contributed by atoms with Crippen molar-refractivity contribution in [2.75, 3.05) is 6.54 Å². The van der Waals surface area contributed by atoms with Crippen LogP contribution in [0.4, 0.5) is 0 Å². The van der Waals surface area contributed by atoms with E-state index >= 15 is 0 Å². The van der Waals surface area contributed by atoms with Crippen LogP contribution in [0.15, 0.2) is 48.5 Å². The topological polar surface area (TPSA) is 55.9 Å². The highest BCUT2D eigenvalue weighted by atomic mass is 16.5. The largest absolute Gasteiger partial charge is 0.710 e. The van der Waals surface area contributed by atoms with Gasteiger partial charge in [0.15, 0.2) is 11.0 Å². The van der Waals surface area contributed by atoms with Crippen LogP contribution < -0.4 is 15.4 Å². The van der Waals surface area contributed by atoms with Crippen LogP contribution in [-0.2, 0) is 13.6 Å². The number of nitrogens with zero attached hydrogens (tertiary/aromatic N) is 2. The summed E-state index contributed by atoms with van der Waals surface area (Å²) in [5, 5.41) is 19.5. The lowest BCUT2D eigenvalue weighted by Crippen LogP contribution is -2.45. The number of hydrogen-bond donors (Lipinski definition) is 2. The van der Waals surface area contributed by atoms with E-state index in [0.717, 1.165) is 28.9 Å². The Kier molecular flexibility index (Phi) is 4.66. The van der Waals surface area contributed by atoms with Gasteiger partial charge in [-0.1, -0.05) is 36.4 Å². The molecule has 0 amide bonds. The number of imidazole rings is 1. The molecule has 5 heteroatoms. The fraction of sp³-hybridized carbons (Fsp3) is 0.381. The lowest BCUT2D eigenvalue weighted by Gasteiger charge is -2.34. The Morgan fingerprint density at radius 3 is 2.85 bits per heavy atom. The second kappa shape index (κ2) is 7.09. The molecule has 1 fully saturated rings. The zero-order valence-electron chi connectivity index (χ0n) is 15.4. The lowest BCUT2D eigenvalue weighted by atomic mass is 9.92. The molecular weight excluding hydrogens is 324 g/mol. The van der Waals surface area contributed by atoms with E-state index < -0.39 is 0 Å². The van der Waals surface area contributed by atoms with Crippen LogP contribution >= 0.6 is 0 Å². The number of aromatic nitrogens is 2. The summed E-state index contributed by atoms with van der Waals surface area (Å²) < 4.78 is 2.96. The van der Waals surface area contributed by atoms with Crippen LogP contribution in [0.1, 0.15) is 35.8 Å². The van der Waals surface area contributed by atoms with Crippen LogP contribution in [0.25, 0.3) is 11.0 Å². The van der Waals surface area contributed by atoms with Crippen molar-refractivity contribution in [2.45, 2.75) is 38.4 Å². The quantitative estimate of drug-likeness (QED) is 0.562. The van der Waals surface area contributed by atoms with Crippen molar-refractivity contribution < 1.29 is 4.73 Å². The zero-order valence-corrected chi connectivity index (χ0v) is 15.4. The Morgan fingerprint density at radius 1 is 1.23 bits per heavy atom. The van der Waals surface area contributed by atoms with E-state index in [1.807, 2.05) is 24.6 Å². The minimum absolute atomic E-state index is 0.342. The molecule has 1 aliphatic rings. The number of hydrogen-bond acceptors (Lipinski definition) is 3. The molecule has 0 radical (unpaired) electrons. The standard InChI is InChI=1S/C21H26N4O/c1-15-24(2)20-13-16(10-11-19(20)25(15)26)14-23-18-9-6-12-22-21(18)17-7-4-3-5-8-17/h3-5,7-8,10-11,13,18,21-23H,6,9,12,14H2,1-2H3. The molecule has 136 valence electrons. The van der Waals surface area contributed by atoms with Gasteiger partial charge in [-0.05, 0) is 42.6 Å². The molecular formula is C21H26N4O. The van der Waals surface area contributed by atoms with E-state index in [-0.39, 0.29) is 0 Å². The summed E-state index contributed by atoms with van der Waals surface area (Å²) in [6, 6.07) is 17.5. The van der Waals surface area contributed by atoms with E-state index in [1.165, 1.54) is 24.0 Å². The molecule has 1 aliphatic heterocycles. The summed E-state index contributed by atoms with van der Waals surface area (Å²) in [6.07, 6.45) is 2.35. The second-order valence-corrected chi connectivity index (χ2v) is 7.20. The van der Waals surface area contributed by atoms with Gasteiger partial charge in [0.25, 0.3) is 5.82 Å². The Balaban J connectivity index is 1.52. The number of fused-ring (bicyclic) bond motifs is 1. The van der Waals surface area contributed by atoms with Crippen LogP contribution in [-0.4, -0.2) is 17.2 Å². The third kappa shape index (κ3) is 3.08. The SMILES string of the molecule is Cc1n(C)c2cc(CNC3CCCNC3c3ccccc3)ccc2[n+]1[O-]. The Bertz CT molecular complexity index is 903. The summed E-state index contributed by atoms with van der Waals surface area (Å²) in [6.45, 7) is 3.72. The highest BCUT2D eigenvalue weighted by molar-refractivity contribution is 5.73. The first-order chi connectivity index (χ1) is 12.6. The minimum atomic E-state index is 0.342. The smallest absolute Gasteiger partial charge is 0.257 e. The van der Waals surface area contributed by atoms with Crippen molar-refractivity contribution in [1.82, 2.24) is 15.2 Å². The molecule has 1 saturated heterocycles. The summed E-state index contributed by atoms with van der Waals surface area (Å²) >= 11 is 0. The summed E-state index contributed by atoms with van der Waals surface area (Å²) in [7, 11) is 1.94. The molecule has 4 rings (SSSR count). The van der Waals surface area contributed by atoms with Gasteiger partial charge in [0.05, 0.1) is 7.05 Å². The summed E-state index contributed by atoms with van der Waals surface area (Å²) in [5.74, 6) is 0.714. The van der Waals surface area contributed by atoms with Gasteiger partial charge >= 0.3 is 0 Å². The number of rotatable bonds is 4. The molecule has 2 N–H and O–H groups in total. The van der Waals surface area contributed by atoms with Crippen molar-refractivity contribution in [3.63, 3.8) is 0 Å². The molecule has 3 aromatic rings.